The highest BCUT2D eigenvalue weighted by Crippen LogP contribution is 2.23. The molecule has 10 nitrogen and oxygen atoms in total. The second kappa shape index (κ2) is 12.3. The second-order valence-corrected chi connectivity index (χ2v) is 11.5. The summed E-state index contributed by atoms with van der Waals surface area (Å²) in [5.41, 5.74) is 7.11. The smallest absolute Gasteiger partial charge is 0.315 e. The lowest BCUT2D eigenvalue weighted by Gasteiger charge is -2.03. The SMILES string of the molecule is N=C(CCSCCc1nnc(NC(=O)c2cc3ccccc3o2)s1)SC(N)=NC(=O)c1cc2ccccc2o1. The van der Waals surface area contributed by atoms with Crippen molar-refractivity contribution in [2.75, 3.05) is 16.8 Å². The quantitative estimate of drug-likeness (QED) is 0.111. The summed E-state index contributed by atoms with van der Waals surface area (Å²) in [5.74, 6) is 0.845. The number of nitrogens with two attached hydrogens (primary N) is 1. The van der Waals surface area contributed by atoms with Crippen LogP contribution in [0.3, 0.4) is 0 Å². The van der Waals surface area contributed by atoms with E-state index in [0.29, 0.717) is 39.9 Å². The zero-order chi connectivity index (χ0) is 27.2. The fraction of sp³-hybridized carbons (Fsp3) is 0.154. The Morgan fingerprint density at radius 3 is 2.36 bits per heavy atom. The van der Waals surface area contributed by atoms with Crippen LogP contribution in [0.15, 0.2) is 74.5 Å². The summed E-state index contributed by atoms with van der Waals surface area (Å²) in [6.07, 6.45) is 1.16. The molecule has 2 aromatic carbocycles. The van der Waals surface area contributed by atoms with Crippen LogP contribution in [0.4, 0.5) is 5.13 Å². The van der Waals surface area contributed by atoms with E-state index in [4.69, 9.17) is 20.0 Å². The van der Waals surface area contributed by atoms with Gasteiger partial charge >= 0.3 is 5.91 Å². The van der Waals surface area contributed by atoms with Crippen LogP contribution in [0.1, 0.15) is 32.5 Å². The number of benzene rings is 2. The number of carbonyl (C=O) groups excluding carboxylic acids is 2. The summed E-state index contributed by atoms with van der Waals surface area (Å²) in [6, 6.07) is 18.0. The Labute approximate surface area is 235 Å². The monoisotopic (exact) mass is 578 g/mol. The summed E-state index contributed by atoms with van der Waals surface area (Å²) in [4.78, 5) is 28.6. The van der Waals surface area contributed by atoms with E-state index in [0.717, 1.165) is 33.3 Å². The molecule has 0 aliphatic carbocycles. The normalized spacial score (nSPS) is 11.7. The fourth-order valence-corrected chi connectivity index (χ4v) is 5.99. The summed E-state index contributed by atoms with van der Waals surface area (Å²) >= 11 is 3.93. The van der Waals surface area contributed by atoms with E-state index in [1.807, 2.05) is 36.4 Å². The predicted octanol–water partition coefficient (Wildman–Crippen LogP) is 5.81. The molecular weight excluding hydrogens is 557 g/mol. The number of fused-ring (bicyclic) bond motifs is 2. The number of amidine groups is 1. The third kappa shape index (κ3) is 6.93. The van der Waals surface area contributed by atoms with Crippen molar-refractivity contribution in [1.29, 1.82) is 5.41 Å². The molecule has 198 valence electrons. The largest absolute Gasteiger partial charge is 0.451 e. The van der Waals surface area contributed by atoms with E-state index in [1.54, 1.807) is 36.0 Å². The first-order valence-corrected chi connectivity index (χ1v) is 14.6. The lowest BCUT2D eigenvalue weighted by molar-refractivity contribution is 0.0976. The molecule has 0 fully saturated rings. The minimum absolute atomic E-state index is 0.00143. The maximum atomic E-state index is 12.5. The number of rotatable bonds is 9. The van der Waals surface area contributed by atoms with E-state index in [-0.39, 0.29) is 22.6 Å². The van der Waals surface area contributed by atoms with Gasteiger partial charge < -0.3 is 14.6 Å². The molecule has 4 N–H and O–H groups in total. The topological polar surface area (TPSA) is 160 Å². The van der Waals surface area contributed by atoms with Gasteiger partial charge in [-0.25, -0.2) is 0 Å². The summed E-state index contributed by atoms with van der Waals surface area (Å²) < 4.78 is 11.1. The van der Waals surface area contributed by atoms with Gasteiger partial charge in [-0.15, -0.1) is 10.2 Å². The van der Waals surface area contributed by atoms with Crippen molar-refractivity contribution in [3.8, 4) is 0 Å². The average Bonchev–Trinajstić information content (AvgIpc) is 3.66. The molecular formula is C26H22N6O4S3. The highest BCUT2D eigenvalue weighted by Gasteiger charge is 2.15. The van der Waals surface area contributed by atoms with Crippen LogP contribution in [-0.4, -0.2) is 43.7 Å². The van der Waals surface area contributed by atoms with E-state index >= 15 is 0 Å². The predicted molar refractivity (Wildman–Crippen MR) is 157 cm³/mol. The molecule has 0 bridgehead atoms. The van der Waals surface area contributed by atoms with Crippen LogP contribution < -0.4 is 11.1 Å². The minimum atomic E-state index is -0.580. The maximum Gasteiger partial charge on any atom is 0.315 e. The molecule has 5 rings (SSSR count). The number of hydrogen-bond donors (Lipinski definition) is 3. The van der Waals surface area contributed by atoms with E-state index < -0.39 is 5.91 Å². The lowest BCUT2D eigenvalue weighted by Crippen LogP contribution is -2.13. The highest BCUT2D eigenvalue weighted by molar-refractivity contribution is 8.26. The zero-order valence-corrected chi connectivity index (χ0v) is 22.8. The van der Waals surface area contributed by atoms with Gasteiger partial charge in [0.2, 0.25) is 5.13 Å². The third-order valence-corrected chi connectivity index (χ3v) is 7.98. The van der Waals surface area contributed by atoms with Gasteiger partial charge in [-0.05, 0) is 47.5 Å². The number of hydrogen-bond acceptors (Lipinski definition) is 10. The molecule has 0 atom stereocenters. The standard InChI is InChI=1S/C26H22N6O4S3/c27-21(38-25(28)29-23(33)19-13-15-5-1-3-7-17(15)35-19)9-11-37-12-10-22-31-32-26(39-22)30-24(34)20-14-16-6-2-4-8-18(16)36-20/h1-8,13-14,27H,9-12H2,(H2,28,29,33)(H,30,32,34). The van der Waals surface area contributed by atoms with Gasteiger partial charge in [0.25, 0.3) is 5.91 Å². The van der Waals surface area contributed by atoms with Gasteiger partial charge in [0, 0.05) is 23.6 Å². The van der Waals surface area contributed by atoms with Gasteiger partial charge in [-0.2, -0.15) is 16.8 Å². The average molecular weight is 579 g/mol. The van der Waals surface area contributed by atoms with Crippen molar-refractivity contribution in [3.05, 3.63) is 77.2 Å². The molecule has 0 saturated carbocycles. The van der Waals surface area contributed by atoms with Crippen LogP contribution in [0.5, 0.6) is 0 Å². The van der Waals surface area contributed by atoms with E-state index in [9.17, 15) is 9.59 Å². The molecule has 0 saturated heterocycles. The number of amides is 2. The molecule has 39 heavy (non-hydrogen) atoms. The number of para-hydroxylation sites is 2. The fourth-order valence-electron chi connectivity index (χ4n) is 3.53. The third-order valence-electron chi connectivity index (χ3n) is 5.35. The Balaban J connectivity index is 1.01. The molecule has 0 spiro atoms. The molecule has 3 heterocycles. The lowest BCUT2D eigenvalue weighted by atomic mass is 10.2. The number of aliphatic imine (C=N–C) groups is 1. The Hall–Kier alpha value is -3.94. The summed E-state index contributed by atoms with van der Waals surface area (Å²) in [7, 11) is 0. The highest BCUT2D eigenvalue weighted by atomic mass is 32.2. The number of furan rings is 2. The maximum absolute atomic E-state index is 12.5. The number of aromatic nitrogens is 2. The number of anilines is 1. The van der Waals surface area contributed by atoms with Crippen molar-refractivity contribution in [2.45, 2.75) is 12.8 Å². The first-order valence-electron chi connectivity index (χ1n) is 11.8. The van der Waals surface area contributed by atoms with Crippen molar-refractivity contribution in [1.82, 2.24) is 10.2 Å². The Morgan fingerprint density at radius 2 is 1.64 bits per heavy atom. The van der Waals surface area contributed by atoms with Crippen molar-refractivity contribution in [2.24, 2.45) is 10.7 Å². The van der Waals surface area contributed by atoms with E-state index in [2.05, 4.69) is 20.5 Å². The Bertz CT molecular complexity index is 1620. The van der Waals surface area contributed by atoms with Crippen molar-refractivity contribution < 1.29 is 18.4 Å². The first kappa shape index (κ1) is 26.7. The number of nitrogens with one attached hydrogen (secondary N) is 2. The van der Waals surface area contributed by atoms with Crippen LogP contribution in [0.2, 0.25) is 0 Å². The summed E-state index contributed by atoms with van der Waals surface area (Å²) in [5, 5.41) is 22.2. The zero-order valence-electron chi connectivity index (χ0n) is 20.4. The molecule has 0 radical (unpaired) electrons. The van der Waals surface area contributed by atoms with E-state index in [1.165, 1.54) is 11.3 Å². The molecule has 13 heteroatoms. The molecule has 5 aromatic rings. The number of thioether (sulfide) groups is 2. The van der Waals surface area contributed by atoms with Crippen molar-refractivity contribution in [3.63, 3.8) is 0 Å². The van der Waals surface area contributed by atoms with Gasteiger partial charge in [0.1, 0.15) is 16.2 Å². The summed E-state index contributed by atoms with van der Waals surface area (Å²) in [6.45, 7) is 0. The van der Waals surface area contributed by atoms with Crippen LogP contribution in [-0.2, 0) is 6.42 Å². The van der Waals surface area contributed by atoms with Crippen LogP contribution in [0, 0.1) is 5.41 Å². The Morgan fingerprint density at radius 1 is 0.974 bits per heavy atom. The molecule has 3 aromatic heterocycles. The minimum Gasteiger partial charge on any atom is -0.451 e. The molecule has 0 unspecified atom stereocenters. The molecule has 0 aliphatic heterocycles. The number of aryl methyl sites for hydroxylation is 1. The van der Waals surface area contributed by atoms with Gasteiger partial charge in [-0.1, -0.05) is 47.7 Å². The Kier molecular flexibility index (Phi) is 8.39. The number of carbonyl (C=O) groups is 2. The van der Waals surface area contributed by atoms with Crippen molar-refractivity contribution >= 4 is 84.0 Å². The first-order chi connectivity index (χ1) is 18.9. The second-order valence-electron chi connectivity index (χ2n) is 8.14. The van der Waals surface area contributed by atoms with Crippen LogP contribution in [0.25, 0.3) is 21.9 Å². The van der Waals surface area contributed by atoms with Gasteiger partial charge in [0.05, 0.1) is 5.04 Å². The van der Waals surface area contributed by atoms with Crippen LogP contribution >= 0.6 is 34.9 Å². The molecule has 2 amide bonds. The molecule has 0 aliphatic rings. The number of nitrogens with zero attached hydrogens (tertiary/aromatic N) is 3. The van der Waals surface area contributed by atoms with Gasteiger partial charge in [-0.3, -0.25) is 20.3 Å². The van der Waals surface area contributed by atoms with Gasteiger partial charge in [0.15, 0.2) is 16.7 Å².